The molecule has 1 saturated carbocycles. The number of carboxylic acid groups (broad SMARTS) is 1. The van der Waals surface area contributed by atoms with E-state index in [1.54, 1.807) is 0 Å². The number of halogens is 1. The number of hydrogen-bond donors (Lipinski definition) is 4. The average Bonchev–Trinajstić information content (AvgIpc) is 3.32. The number of amides is 2. The third-order valence-electron chi connectivity index (χ3n) is 6.24. The summed E-state index contributed by atoms with van der Waals surface area (Å²) < 4.78 is 14.7. The summed E-state index contributed by atoms with van der Waals surface area (Å²) in [5, 5.41) is 27.0. The van der Waals surface area contributed by atoms with Gasteiger partial charge in [0, 0.05) is 24.0 Å². The maximum Gasteiger partial charge on any atom is 0.407 e. The lowest BCUT2D eigenvalue weighted by atomic mass is 9.82. The van der Waals surface area contributed by atoms with E-state index in [-0.39, 0.29) is 17.9 Å². The molecule has 1 saturated heterocycles. The number of anilines is 2. The Labute approximate surface area is 183 Å². The van der Waals surface area contributed by atoms with E-state index in [1.807, 2.05) is 0 Å². The van der Waals surface area contributed by atoms with Gasteiger partial charge < -0.3 is 26.8 Å². The highest BCUT2D eigenvalue weighted by atomic mass is 19.1. The molecule has 1 aliphatic heterocycles. The summed E-state index contributed by atoms with van der Waals surface area (Å²) in [6, 6.07) is 6.72. The Kier molecular flexibility index (Phi) is 5.48. The van der Waals surface area contributed by atoms with Crippen molar-refractivity contribution in [3.8, 4) is 6.07 Å². The van der Waals surface area contributed by atoms with Crippen LogP contribution in [0.2, 0.25) is 0 Å². The molecule has 32 heavy (non-hydrogen) atoms. The highest BCUT2D eigenvalue weighted by Gasteiger charge is 2.49. The first-order chi connectivity index (χ1) is 15.2. The zero-order chi connectivity index (χ0) is 23.0. The van der Waals surface area contributed by atoms with Gasteiger partial charge in [-0.25, -0.2) is 9.18 Å². The molecule has 1 aliphatic carbocycles. The van der Waals surface area contributed by atoms with Gasteiger partial charge in [0.15, 0.2) is 5.82 Å². The first kappa shape index (κ1) is 21.6. The number of hydrogen-bond acceptors (Lipinski definition) is 6. The summed E-state index contributed by atoms with van der Waals surface area (Å²) in [6.07, 6.45) is 2.69. The third-order valence-corrected chi connectivity index (χ3v) is 6.24. The van der Waals surface area contributed by atoms with Gasteiger partial charge in [0.1, 0.15) is 11.4 Å². The monoisotopic (exact) mass is 441 g/mol. The molecule has 4 rings (SSSR count). The zero-order valence-corrected chi connectivity index (χ0v) is 17.2. The van der Waals surface area contributed by atoms with E-state index < -0.39 is 41.4 Å². The van der Waals surface area contributed by atoms with Crippen molar-refractivity contribution in [3.05, 3.63) is 41.8 Å². The zero-order valence-electron chi connectivity index (χ0n) is 17.2. The van der Waals surface area contributed by atoms with Crippen LogP contribution < -0.4 is 16.8 Å². The number of primary amides is 1. The van der Waals surface area contributed by atoms with Crippen LogP contribution in [-0.2, 0) is 0 Å². The molecule has 2 heterocycles. The standard InChI is InChI=1S/C21H24FN7O3/c22-12-1-3-13(4-2-12)26-19-15(18(24)30)11-29(27-19)16-5-8-28(20(31)32)17(14(16)10-23)9-21(25)6-7-21/h1-4,11,14,16-17H,5-9,25H2,(H2,24,30)(H,26,27)(H,31,32)/t14-,16+,17?/m0/s1. The molecule has 168 valence electrons. The number of aromatic nitrogens is 2. The van der Waals surface area contributed by atoms with Crippen molar-refractivity contribution in [1.29, 1.82) is 5.26 Å². The molecule has 1 aromatic carbocycles. The van der Waals surface area contributed by atoms with Gasteiger partial charge in [-0.05, 0) is 49.9 Å². The topological polar surface area (TPSA) is 163 Å². The van der Waals surface area contributed by atoms with Gasteiger partial charge in [-0.3, -0.25) is 9.48 Å². The average molecular weight is 441 g/mol. The SMILES string of the molecule is N#C[C@@H]1C(CC2(N)CC2)N(C(=O)O)CC[C@H]1n1cc(C(N)=O)c(Nc2ccc(F)cc2)n1. The fourth-order valence-corrected chi connectivity index (χ4v) is 4.30. The van der Waals surface area contributed by atoms with Gasteiger partial charge in [-0.1, -0.05) is 0 Å². The Morgan fingerprint density at radius 2 is 2.03 bits per heavy atom. The second kappa shape index (κ2) is 8.12. The van der Waals surface area contributed by atoms with Crippen LogP contribution in [0.3, 0.4) is 0 Å². The van der Waals surface area contributed by atoms with Gasteiger partial charge in [-0.15, -0.1) is 0 Å². The van der Waals surface area contributed by atoms with Crippen molar-refractivity contribution in [2.75, 3.05) is 11.9 Å². The Balaban J connectivity index is 1.65. The molecule has 1 aromatic heterocycles. The Morgan fingerprint density at radius 3 is 2.59 bits per heavy atom. The molecular weight excluding hydrogens is 417 g/mol. The fraction of sp³-hybridized carbons (Fsp3) is 0.429. The Morgan fingerprint density at radius 1 is 1.34 bits per heavy atom. The molecule has 0 radical (unpaired) electrons. The quantitative estimate of drug-likeness (QED) is 0.533. The highest BCUT2D eigenvalue weighted by Crippen LogP contribution is 2.43. The summed E-state index contributed by atoms with van der Waals surface area (Å²) in [5.74, 6) is -1.65. The number of nitrogens with one attached hydrogen (secondary N) is 1. The Hall–Kier alpha value is -3.65. The lowest BCUT2D eigenvalue weighted by molar-refractivity contribution is 0.0590. The maximum absolute atomic E-state index is 13.2. The van der Waals surface area contributed by atoms with Gasteiger partial charge in [-0.2, -0.15) is 10.4 Å². The highest BCUT2D eigenvalue weighted by molar-refractivity contribution is 5.98. The molecule has 2 aliphatic rings. The minimum absolute atomic E-state index is 0.112. The molecule has 2 aromatic rings. The van der Waals surface area contributed by atoms with Crippen LogP contribution in [0, 0.1) is 23.1 Å². The predicted molar refractivity (Wildman–Crippen MR) is 112 cm³/mol. The summed E-state index contributed by atoms with van der Waals surface area (Å²) >= 11 is 0. The van der Waals surface area contributed by atoms with Crippen LogP contribution in [0.15, 0.2) is 30.5 Å². The van der Waals surface area contributed by atoms with E-state index in [2.05, 4.69) is 16.5 Å². The number of carbonyl (C=O) groups is 2. The number of carbonyl (C=O) groups excluding carboxylic acids is 1. The molecule has 6 N–H and O–H groups in total. The van der Waals surface area contributed by atoms with Crippen LogP contribution in [0.1, 0.15) is 42.1 Å². The molecule has 10 nitrogen and oxygen atoms in total. The molecule has 11 heteroatoms. The van der Waals surface area contributed by atoms with E-state index in [0.29, 0.717) is 18.5 Å². The number of nitriles is 1. The van der Waals surface area contributed by atoms with E-state index in [0.717, 1.165) is 12.8 Å². The molecule has 2 fully saturated rings. The van der Waals surface area contributed by atoms with Crippen molar-refractivity contribution in [1.82, 2.24) is 14.7 Å². The van der Waals surface area contributed by atoms with E-state index >= 15 is 0 Å². The second-order valence-corrected chi connectivity index (χ2v) is 8.49. The number of likely N-dealkylation sites (tertiary alicyclic amines) is 1. The van der Waals surface area contributed by atoms with Gasteiger partial charge in [0.2, 0.25) is 0 Å². The van der Waals surface area contributed by atoms with Crippen LogP contribution in [0.25, 0.3) is 0 Å². The smallest absolute Gasteiger partial charge is 0.407 e. The van der Waals surface area contributed by atoms with Gasteiger partial charge in [0.05, 0.1) is 24.1 Å². The van der Waals surface area contributed by atoms with E-state index in [9.17, 15) is 24.3 Å². The van der Waals surface area contributed by atoms with Crippen LogP contribution in [0.5, 0.6) is 0 Å². The van der Waals surface area contributed by atoms with Crippen molar-refractivity contribution in [2.24, 2.45) is 17.4 Å². The number of nitrogens with two attached hydrogens (primary N) is 2. The van der Waals surface area contributed by atoms with Gasteiger partial charge in [0.25, 0.3) is 5.91 Å². The number of rotatable bonds is 6. The first-order valence-corrected chi connectivity index (χ1v) is 10.3. The lowest BCUT2D eigenvalue weighted by Gasteiger charge is -2.42. The van der Waals surface area contributed by atoms with Crippen molar-refractivity contribution < 1.29 is 19.1 Å². The molecule has 3 atom stereocenters. The summed E-state index contributed by atoms with van der Waals surface area (Å²) in [5.41, 5.74) is 11.9. The first-order valence-electron chi connectivity index (χ1n) is 10.3. The van der Waals surface area contributed by atoms with Crippen molar-refractivity contribution in [2.45, 2.75) is 43.3 Å². The maximum atomic E-state index is 13.2. The molecule has 0 bridgehead atoms. The Bertz CT molecular complexity index is 1070. The van der Waals surface area contributed by atoms with Gasteiger partial charge >= 0.3 is 6.09 Å². The predicted octanol–water partition coefficient (Wildman–Crippen LogP) is 2.18. The minimum Gasteiger partial charge on any atom is -0.465 e. The molecule has 2 amide bonds. The largest absolute Gasteiger partial charge is 0.465 e. The third kappa shape index (κ3) is 4.22. The summed E-state index contributed by atoms with van der Waals surface area (Å²) in [6.45, 7) is 0.214. The number of piperidine rings is 1. The van der Waals surface area contributed by atoms with Crippen LogP contribution in [0.4, 0.5) is 20.7 Å². The fourth-order valence-electron chi connectivity index (χ4n) is 4.30. The molecule has 0 spiro atoms. The number of benzene rings is 1. The second-order valence-electron chi connectivity index (χ2n) is 8.49. The lowest BCUT2D eigenvalue weighted by Crippen LogP contribution is -2.53. The summed E-state index contributed by atoms with van der Waals surface area (Å²) in [4.78, 5) is 25.1. The van der Waals surface area contributed by atoms with E-state index in [4.69, 9.17) is 11.5 Å². The normalized spacial score (nSPS) is 23.9. The minimum atomic E-state index is -1.09. The van der Waals surface area contributed by atoms with Crippen molar-refractivity contribution >= 4 is 23.5 Å². The van der Waals surface area contributed by atoms with Crippen LogP contribution >= 0.6 is 0 Å². The van der Waals surface area contributed by atoms with Crippen LogP contribution in [-0.4, -0.2) is 49.9 Å². The molecule has 1 unspecified atom stereocenters. The van der Waals surface area contributed by atoms with Crippen molar-refractivity contribution in [3.63, 3.8) is 0 Å². The molecular formula is C21H24FN7O3. The summed E-state index contributed by atoms with van der Waals surface area (Å²) in [7, 11) is 0. The van der Waals surface area contributed by atoms with E-state index in [1.165, 1.54) is 40.0 Å². The number of nitrogens with zero attached hydrogens (tertiary/aromatic N) is 4.